The van der Waals surface area contributed by atoms with E-state index in [0.717, 1.165) is 16.9 Å². The summed E-state index contributed by atoms with van der Waals surface area (Å²) in [7, 11) is 1.98. The highest BCUT2D eigenvalue weighted by atomic mass is 15.1. The van der Waals surface area contributed by atoms with E-state index in [2.05, 4.69) is 16.7 Å². The van der Waals surface area contributed by atoms with Crippen molar-refractivity contribution in [3.8, 4) is 23.4 Å². The fourth-order valence-electron chi connectivity index (χ4n) is 2.29. The molecule has 0 N–H and O–H groups in total. The summed E-state index contributed by atoms with van der Waals surface area (Å²) < 4.78 is 3.99. The maximum atomic E-state index is 8.95. The van der Waals surface area contributed by atoms with Crippen molar-refractivity contribution >= 4 is 5.65 Å². The van der Waals surface area contributed by atoms with E-state index in [1.54, 1.807) is 18.2 Å². The van der Waals surface area contributed by atoms with E-state index in [1.165, 1.54) is 0 Å². The molecule has 4 heteroatoms. The Morgan fingerprint density at radius 2 is 1.55 bits per heavy atom. The lowest BCUT2D eigenvalue weighted by atomic mass is 10.1. The third-order valence-electron chi connectivity index (χ3n) is 3.36. The van der Waals surface area contributed by atoms with Crippen LogP contribution in [0, 0.1) is 22.7 Å². The van der Waals surface area contributed by atoms with Crippen LogP contribution >= 0.6 is 0 Å². The maximum absolute atomic E-state index is 8.95. The van der Waals surface area contributed by atoms with Crippen LogP contribution in [-0.4, -0.2) is 4.57 Å². The predicted molar refractivity (Wildman–Crippen MR) is 73.4 cm³/mol. The van der Waals surface area contributed by atoms with Gasteiger partial charge in [-0.1, -0.05) is 0 Å². The second-order valence-electron chi connectivity index (χ2n) is 4.56. The Morgan fingerprint density at radius 1 is 0.900 bits per heavy atom. The van der Waals surface area contributed by atoms with Crippen LogP contribution in [0.25, 0.3) is 16.9 Å². The van der Waals surface area contributed by atoms with Crippen LogP contribution in [0.4, 0.5) is 0 Å². The number of benzene rings is 1. The predicted octanol–water partition coefficient (Wildman–Crippen LogP) is 2.17. The average molecular weight is 259 g/mol. The van der Waals surface area contributed by atoms with Crippen LogP contribution in [0.5, 0.6) is 0 Å². The van der Waals surface area contributed by atoms with Gasteiger partial charge < -0.3 is 0 Å². The third-order valence-corrected chi connectivity index (χ3v) is 3.36. The normalized spacial score (nSPS) is 10.2. The first-order chi connectivity index (χ1) is 9.72. The zero-order chi connectivity index (χ0) is 14.1. The number of rotatable bonds is 1. The molecule has 20 heavy (non-hydrogen) atoms. The van der Waals surface area contributed by atoms with E-state index in [4.69, 9.17) is 10.5 Å². The van der Waals surface area contributed by atoms with Crippen molar-refractivity contribution in [3.63, 3.8) is 0 Å². The van der Waals surface area contributed by atoms with Crippen LogP contribution < -0.4 is 4.40 Å². The molecule has 2 aromatic heterocycles. The van der Waals surface area contributed by atoms with Gasteiger partial charge in [0, 0.05) is 11.6 Å². The van der Waals surface area contributed by atoms with Gasteiger partial charge in [0.2, 0.25) is 0 Å². The monoisotopic (exact) mass is 259 g/mol. The molecule has 0 bridgehead atoms. The minimum absolute atomic E-state index is 0.625. The van der Waals surface area contributed by atoms with Crippen molar-refractivity contribution in [2.45, 2.75) is 0 Å². The summed E-state index contributed by atoms with van der Waals surface area (Å²) in [5.74, 6) is 0. The Hall–Kier alpha value is -3.11. The number of hydrogen-bond acceptors (Lipinski definition) is 2. The summed E-state index contributed by atoms with van der Waals surface area (Å²) in [5, 5.41) is 17.8. The molecule has 0 amide bonds. The van der Waals surface area contributed by atoms with Crippen molar-refractivity contribution in [2.75, 3.05) is 0 Å². The van der Waals surface area contributed by atoms with Gasteiger partial charge in [-0.05, 0) is 30.3 Å². The zero-order valence-electron chi connectivity index (χ0n) is 10.9. The van der Waals surface area contributed by atoms with Crippen molar-refractivity contribution in [2.24, 2.45) is 7.05 Å². The Bertz CT molecular complexity index is 874. The van der Waals surface area contributed by atoms with Crippen LogP contribution in [0.2, 0.25) is 0 Å². The van der Waals surface area contributed by atoms with Crippen LogP contribution in [0.1, 0.15) is 11.1 Å². The van der Waals surface area contributed by atoms with Gasteiger partial charge in [-0.3, -0.25) is 0 Å². The van der Waals surface area contributed by atoms with Gasteiger partial charge in [-0.2, -0.15) is 10.5 Å². The highest BCUT2D eigenvalue weighted by molar-refractivity contribution is 5.62. The highest BCUT2D eigenvalue weighted by Gasteiger charge is 2.16. The van der Waals surface area contributed by atoms with Crippen LogP contribution in [0.3, 0.4) is 0 Å². The third kappa shape index (κ3) is 1.81. The molecule has 3 aromatic rings. The Labute approximate surface area is 116 Å². The van der Waals surface area contributed by atoms with Crippen molar-refractivity contribution in [1.82, 2.24) is 4.57 Å². The number of fused-ring (bicyclic) bond motifs is 1. The molecule has 1 aromatic carbocycles. The average Bonchev–Trinajstić information content (AvgIpc) is 2.84. The van der Waals surface area contributed by atoms with Gasteiger partial charge in [0.15, 0.2) is 5.69 Å². The molecule has 0 radical (unpaired) electrons. The van der Waals surface area contributed by atoms with Gasteiger partial charge in [0.1, 0.15) is 18.5 Å². The van der Waals surface area contributed by atoms with E-state index >= 15 is 0 Å². The Balaban J connectivity index is 2.18. The quantitative estimate of drug-likeness (QED) is 0.629. The smallest absolute Gasteiger partial charge is 0.226 e. The first-order valence-electron chi connectivity index (χ1n) is 6.14. The Kier molecular flexibility index (Phi) is 2.71. The second kappa shape index (κ2) is 4.53. The molecule has 0 aliphatic rings. The fourth-order valence-corrected chi connectivity index (χ4v) is 2.29. The number of nitrogens with zero attached hydrogens (tertiary/aromatic N) is 4. The summed E-state index contributed by atoms with van der Waals surface area (Å²) in [5.41, 5.74) is 4.34. The molecule has 0 aliphatic heterocycles. The molecule has 0 fully saturated rings. The molecule has 0 saturated carbocycles. The summed E-state index contributed by atoms with van der Waals surface area (Å²) in [6, 6.07) is 15.4. The zero-order valence-corrected chi connectivity index (χ0v) is 10.9. The van der Waals surface area contributed by atoms with E-state index in [0.29, 0.717) is 11.1 Å². The summed E-state index contributed by atoms with van der Waals surface area (Å²) >= 11 is 0. The number of imidazole rings is 1. The van der Waals surface area contributed by atoms with Gasteiger partial charge >= 0.3 is 0 Å². The van der Waals surface area contributed by atoms with E-state index in [9.17, 15) is 0 Å². The SMILES string of the molecule is Cn1c(-c2ccc(C#N)cc2)c[n+]2cc(C#N)ccc12. The van der Waals surface area contributed by atoms with E-state index in [-0.39, 0.29) is 0 Å². The van der Waals surface area contributed by atoms with E-state index < -0.39 is 0 Å². The number of hydrogen-bond donors (Lipinski definition) is 0. The molecule has 2 heterocycles. The standard InChI is InChI=1S/C16H11N4/c1-19-15(14-5-2-12(8-17)3-6-14)11-20-10-13(9-18)4-7-16(19)20/h2-7,10-11H,1H3/q+1. The minimum Gasteiger partial charge on any atom is -0.226 e. The van der Waals surface area contributed by atoms with Gasteiger partial charge in [0.05, 0.1) is 24.2 Å². The maximum Gasteiger partial charge on any atom is 0.286 e. The van der Waals surface area contributed by atoms with Crippen molar-refractivity contribution in [1.29, 1.82) is 10.5 Å². The molecule has 0 atom stereocenters. The van der Waals surface area contributed by atoms with Gasteiger partial charge in [0.25, 0.3) is 5.65 Å². The Morgan fingerprint density at radius 3 is 2.20 bits per heavy atom. The molecule has 0 spiro atoms. The fraction of sp³-hybridized carbons (Fsp3) is 0.0625. The summed E-state index contributed by atoms with van der Waals surface area (Å²) in [6.45, 7) is 0. The summed E-state index contributed by atoms with van der Waals surface area (Å²) in [6.07, 6.45) is 3.79. The molecular formula is C16H11N4+. The second-order valence-corrected chi connectivity index (χ2v) is 4.56. The molecule has 0 aliphatic carbocycles. The number of aryl methyl sites for hydroxylation is 1. The van der Waals surface area contributed by atoms with Gasteiger partial charge in [-0.25, -0.2) is 8.97 Å². The topological polar surface area (TPSA) is 56.6 Å². The molecule has 3 rings (SSSR count). The first kappa shape index (κ1) is 12.0. The molecule has 94 valence electrons. The molecular weight excluding hydrogens is 248 g/mol. The largest absolute Gasteiger partial charge is 0.286 e. The molecule has 4 nitrogen and oxygen atoms in total. The highest BCUT2D eigenvalue weighted by Crippen LogP contribution is 2.20. The lowest BCUT2D eigenvalue weighted by molar-refractivity contribution is -0.510. The number of aromatic nitrogens is 2. The first-order valence-corrected chi connectivity index (χ1v) is 6.14. The van der Waals surface area contributed by atoms with Crippen LogP contribution in [-0.2, 0) is 7.05 Å². The molecule has 0 unspecified atom stereocenters. The van der Waals surface area contributed by atoms with Crippen molar-refractivity contribution < 1.29 is 4.40 Å². The lowest BCUT2D eigenvalue weighted by Crippen LogP contribution is -2.18. The van der Waals surface area contributed by atoms with Crippen molar-refractivity contribution in [3.05, 3.63) is 59.9 Å². The summed E-state index contributed by atoms with van der Waals surface area (Å²) in [4.78, 5) is 0. The van der Waals surface area contributed by atoms with Crippen LogP contribution in [0.15, 0.2) is 48.8 Å². The minimum atomic E-state index is 0.625. The number of nitriles is 2. The molecule has 0 saturated heterocycles. The lowest BCUT2D eigenvalue weighted by Gasteiger charge is -1.97. The van der Waals surface area contributed by atoms with Gasteiger partial charge in [-0.15, -0.1) is 0 Å². The van der Waals surface area contributed by atoms with E-state index in [1.807, 2.05) is 42.0 Å². The number of pyridine rings is 1.